The molecule has 0 amide bonds. The van der Waals surface area contributed by atoms with Gasteiger partial charge in [0.1, 0.15) is 23.3 Å². The number of fused-ring (bicyclic) bond motifs is 40. The first-order valence-electron chi connectivity index (χ1n) is 48.0. The molecule has 11 heteroatoms. The Hall–Kier alpha value is -16.5. The fraction of sp³-hybridized carbons (Fsp3) is 0.120. The summed E-state index contributed by atoms with van der Waals surface area (Å²) >= 11 is 0. The van der Waals surface area contributed by atoms with E-state index >= 15 is 0 Å². The predicted molar refractivity (Wildman–Crippen MR) is 556 cm³/mol. The molecule has 0 N–H and O–H groups in total. The van der Waals surface area contributed by atoms with Crippen LogP contribution in [0.5, 0.6) is 0 Å². The second-order valence-electron chi connectivity index (χ2n) is 38.9. The van der Waals surface area contributed by atoms with Gasteiger partial charge in [0.05, 0.1) is 115 Å². The van der Waals surface area contributed by atoms with Gasteiger partial charge < -0.3 is 33.3 Å². The summed E-state index contributed by atoms with van der Waals surface area (Å²) in [6.45, 7) is 0. The minimum Gasteiger partial charge on any atom is -0.351 e. The Morgan fingerprint density at radius 3 is 0.882 bits per heavy atom. The van der Waals surface area contributed by atoms with Gasteiger partial charge >= 0.3 is 0 Å². The van der Waals surface area contributed by atoms with Gasteiger partial charge in [-0.2, -0.15) is 0 Å². The van der Waals surface area contributed by atoms with E-state index in [0.717, 1.165) is 34.5 Å². The maximum atomic E-state index is 5.30. The molecule has 8 unspecified atom stereocenters. The van der Waals surface area contributed by atoms with Crippen LogP contribution in [0.1, 0.15) is 89.0 Å². The summed E-state index contributed by atoms with van der Waals surface area (Å²) in [5.41, 5.74) is 38.5. The van der Waals surface area contributed by atoms with E-state index in [-0.39, 0.29) is 53.7 Å². The minimum absolute atomic E-state index is 0.129. The van der Waals surface area contributed by atoms with Gasteiger partial charge in [-0.1, -0.05) is 346 Å². The third-order valence-corrected chi connectivity index (χ3v) is 32.7. The van der Waals surface area contributed by atoms with Gasteiger partial charge in [-0.3, -0.25) is 20.0 Å². The van der Waals surface area contributed by atoms with Gasteiger partial charge in [0.15, 0.2) is 0 Å². The molecule has 644 valence electrons. The first-order chi connectivity index (χ1) is 67.2. The molecule has 0 saturated heterocycles. The Kier molecular flexibility index (Phi) is 15.6. The number of nitrogens with zero attached hydrogens (tertiary/aromatic N) is 11. The molecule has 0 bridgehead atoms. The molecule has 7 aliphatic carbocycles. The van der Waals surface area contributed by atoms with E-state index in [0.29, 0.717) is 0 Å². The van der Waals surface area contributed by atoms with Crippen LogP contribution in [0.2, 0.25) is 0 Å². The van der Waals surface area contributed by atoms with Gasteiger partial charge in [0.25, 0.3) is 0 Å². The Labute approximate surface area is 787 Å². The molecule has 0 radical (unpaired) electrons. The number of benzene rings is 15. The summed E-state index contributed by atoms with van der Waals surface area (Å²) in [5, 5.41) is 7.69. The number of aliphatic imine (C=N–C) groups is 4. The molecule has 8 atom stereocenters. The second-order valence-corrected chi connectivity index (χ2v) is 38.9. The molecular formula is C125H89N11. The Balaban J connectivity index is 0.0000000977. The van der Waals surface area contributed by atoms with Crippen molar-refractivity contribution in [3.63, 3.8) is 0 Å². The highest BCUT2D eigenvalue weighted by Gasteiger charge is 2.56. The fourth-order valence-electron chi connectivity index (χ4n) is 27.2. The van der Waals surface area contributed by atoms with Crippen LogP contribution in [0.4, 0.5) is 0 Å². The summed E-state index contributed by atoms with van der Waals surface area (Å²) in [6.07, 6.45) is 35.0. The lowest BCUT2D eigenvalue weighted by Crippen LogP contribution is -2.36. The summed E-state index contributed by atoms with van der Waals surface area (Å²) in [6, 6.07) is 123. The summed E-state index contributed by atoms with van der Waals surface area (Å²) in [7, 11) is 8.73. The van der Waals surface area contributed by atoms with Crippen molar-refractivity contribution in [2.24, 2.45) is 20.0 Å². The van der Waals surface area contributed by atoms with Gasteiger partial charge in [-0.15, -0.1) is 0 Å². The lowest BCUT2D eigenvalue weighted by Gasteiger charge is -2.40. The molecular weight excluding hydrogens is 1660 g/mol. The van der Waals surface area contributed by atoms with Crippen LogP contribution in [-0.2, 0) is 16.2 Å². The molecule has 10 heterocycles. The van der Waals surface area contributed by atoms with Crippen molar-refractivity contribution in [2.45, 2.75) is 64.6 Å². The highest BCUT2D eigenvalue weighted by Crippen LogP contribution is 2.66. The minimum atomic E-state index is -0.564. The van der Waals surface area contributed by atoms with Gasteiger partial charge in [0, 0.05) is 82.8 Å². The van der Waals surface area contributed by atoms with E-state index in [9.17, 15) is 0 Å². The number of likely N-dealkylation sites (N-methyl/N-ethyl adjacent to an activating group) is 4. The van der Waals surface area contributed by atoms with Crippen LogP contribution < -0.4 is 0 Å². The Morgan fingerprint density at radius 1 is 0.199 bits per heavy atom. The highest BCUT2D eigenvalue weighted by molar-refractivity contribution is 6.19. The van der Waals surface area contributed by atoms with Crippen molar-refractivity contribution in [1.29, 1.82) is 0 Å². The van der Waals surface area contributed by atoms with Crippen molar-refractivity contribution in [1.82, 2.24) is 33.3 Å². The van der Waals surface area contributed by atoms with Crippen molar-refractivity contribution in [3.8, 4) is 50.4 Å². The van der Waals surface area contributed by atoms with Crippen molar-refractivity contribution in [2.75, 3.05) is 28.2 Å². The Morgan fingerprint density at radius 2 is 0.471 bits per heavy atom. The van der Waals surface area contributed by atoms with Crippen molar-refractivity contribution < 1.29 is 0 Å². The van der Waals surface area contributed by atoms with Gasteiger partial charge in [0.2, 0.25) is 0 Å². The third-order valence-electron chi connectivity index (χ3n) is 32.7. The standard InChI is InChI=1S/C47H35N5.2C39H27N3/c1-50-42-20-9-5-16-38(42)48-45(50)28-22-24-30-31-25-23-29(46-49-39-17-6-10-21-43(39)51(46)2)27-37(31)47(36(30)26-28)34-14-4-8-19-41(34)52-40-18-7-3-12-32(40)33-13-11-15-35(47)44(33)52;1-41-36-21-11-8-18-33(36)40-38(41)24-22-28-27-14-4-9-19-34(27)42-35-20-10-7-17-31(35)39(32(23-24)37(28)42)29-15-5-2-12-25(29)26-13-3-6-16-30(26)39;1-41-36-20-9-7-18-33(36)40-38(41)24-21-22-34-28(23-24)27-13-10-17-32-37(27)42(34)35-19-8-6-16-31(35)39(32)29-14-4-2-11-25(29)26-12-3-5-15-30(26)39/h3-27,38-39,42-43H,1-2H3;2*2-23,33,36H,1H3. The van der Waals surface area contributed by atoms with Crippen LogP contribution in [-0.4, -0.2) is 133 Å². The molecule has 136 heavy (non-hydrogen) atoms. The topological polar surface area (TPSA) is 77.2 Å². The lowest BCUT2D eigenvalue weighted by atomic mass is 9.65. The average molecular weight is 1750 g/mol. The zero-order valence-corrected chi connectivity index (χ0v) is 75.4. The molecule has 32 rings (SSSR count). The van der Waals surface area contributed by atoms with Crippen LogP contribution in [0.15, 0.2) is 439 Å². The first-order valence-corrected chi connectivity index (χ1v) is 48.0. The van der Waals surface area contributed by atoms with E-state index in [1.807, 2.05) is 0 Å². The van der Waals surface area contributed by atoms with E-state index in [1.54, 1.807) is 0 Å². The molecule has 15 aromatic carbocycles. The monoisotopic (exact) mass is 1740 g/mol. The summed E-state index contributed by atoms with van der Waals surface area (Å²) in [4.78, 5) is 30.4. The van der Waals surface area contributed by atoms with E-state index in [4.69, 9.17) is 20.0 Å². The highest BCUT2D eigenvalue weighted by atomic mass is 15.3. The molecule has 18 aromatic rings. The fourth-order valence-corrected chi connectivity index (χ4v) is 27.2. The smallest absolute Gasteiger partial charge is 0.131 e. The van der Waals surface area contributed by atoms with E-state index < -0.39 is 10.8 Å². The molecule has 14 aliphatic rings. The van der Waals surface area contributed by atoms with Crippen LogP contribution in [0.3, 0.4) is 0 Å². The van der Waals surface area contributed by atoms with E-state index in [1.165, 1.54) is 194 Å². The second kappa shape index (κ2) is 27.8. The number of amidine groups is 4. The third kappa shape index (κ3) is 9.70. The quantitative estimate of drug-likeness (QED) is 0.176. The summed E-state index contributed by atoms with van der Waals surface area (Å²) in [5.74, 6) is 4.21. The Bertz CT molecular complexity index is 8670. The van der Waals surface area contributed by atoms with Crippen molar-refractivity contribution >= 4 is 88.8 Å². The predicted octanol–water partition coefficient (Wildman–Crippen LogP) is 24.6. The largest absolute Gasteiger partial charge is 0.351 e. The van der Waals surface area contributed by atoms with Crippen LogP contribution in [0, 0.1) is 0 Å². The molecule has 0 fully saturated rings. The van der Waals surface area contributed by atoms with Crippen LogP contribution >= 0.6 is 0 Å². The number of allylic oxidation sites excluding steroid dienone is 8. The maximum Gasteiger partial charge on any atom is 0.131 e. The van der Waals surface area contributed by atoms with Crippen molar-refractivity contribution in [3.05, 3.63) is 508 Å². The number of hydrogen-bond acceptors (Lipinski definition) is 8. The molecule has 7 aliphatic heterocycles. The molecule has 3 aromatic heterocycles. The zero-order chi connectivity index (χ0) is 89.5. The number of aromatic nitrogens is 3. The first kappa shape index (κ1) is 76.1. The zero-order valence-electron chi connectivity index (χ0n) is 75.4. The number of hydrogen-bond donors (Lipinski definition) is 0. The van der Waals surface area contributed by atoms with Gasteiger partial charge in [-0.25, -0.2) is 0 Å². The van der Waals surface area contributed by atoms with Gasteiger partial charge in [-0.05, 0) is 173 Å². The number of para-hydroxylation sites is 7. The maximum absolute atomic E-state index is 5.30. The lowest BCUT2D eigenvalue weighted by molar-refractivity contribution is 0.437. The molecule has 11 nitrogen and oxygen atoms in total. The SMILES string of the molecule is CN1C(c2cc3c4c(c2)c2ccccc2n4-c2ccccc2C32c3ccccc3-c3ccccc32)=NC2C=CC=CC21.CN1C(c2ccc3c(c2)C2(c4cc(C5=NC6C=CC=CC6N5C)ccc4-3)c3ccccc3-n3c4ccccc4c4cccc2c43)=NC2C=CC=CC21.CN1C(c2ccc3c(c2)c2cccc4c2n3-c2ccccc2C42c3ccccc3-c3ccccc32)=NC2C=CC=CC21. The van der Waals surface area contributed by atoms with Crippen LogP contribution in [0.25, 0.3) is 116 Å². The van der Waals surface area contributed by atoms with E-state index in [2.05, 4.69) is 480 Å². The normalized spacial score (nSPS) is 22.1. The molecule has 3 spiro atoms. The molecule has 0 saturated carbocycles. The number of rotatable bonds is 4. The summed E-state index contributed by atoms with van der Waals surface area (Å²) < 4.78 is 7.54. The average Bonchev–Trinajstić information content (AvgIpc) is 1.51.